The average Bonchev–Trinajstić information content (AvgIpc) is 3.38. The van der Waals surface area contributed by atoms with Gasteiger partial charge in [0, 0.05) is 16.1 Å². The second-order valence-corrected chi connectivity index (χ2v) is 10.1. The molecule has 5 nitrogen and oxygen atoms in total. The number of fused-ring (bicyclic) bond motifs is 3. The summed E-state index contributed by atoms with van der Waals surface area (Å²) in [6.45, 7) is 8.27. The van der Waals surface area contributed by atoms with Crippen LogP contribution in [0.5, 0.6) is 0 Å². The number of nitrogens with zero attached hydrogens (tertiary/aromatic N) is 4. The number of carbonyl (C=O) groups is 1. The lowest BCUT2D eigenvalue weighted by molar-refractivity contribution is 0.102. The summed E-state index contributed by atoms with van der Waals surface area (Å²) in [5.41, 5.74) is 7.20. The van der Waals surface area contributed by atoms with Crippen molar-refractivity contribution in [2.75, 3.05) is 5.75 Å². The lowest BCUT2D eigenvalue weighted by Crippen LogP contribution is -2.10. The predicted octanol–water partition coefficient (Wildman–Crippen LogP) is 6.73. The van der Waals surface area contributed by atoms with E-state index in [0.29, 0.717) is 21.5 Å². The molecule has 0 aliphatic rings. The Balaban J connectivity index is 1.53. The summed E-state index contributed by atoms with van der Waals surface area (Å²) in [5, 5.41) is 9.75. The first kappa shape index (κ1) is 23.6. The zero-order valence-corrected chi connectivity index (χ0v) is 21.5. The molecule has 2 aromatic heterocycles. The molecule has 0 aliphatic heterocycles. The van der Waals surface area contributed by atoms with Crippen LogP contribution in [-0.4, -0.2) is 30.7 Å². The van der Waals surface area contributed by atoms with E-state index in [2.05, 4.69) is 16.3 Å². The summed E-state index contributed by atoms with van der Waals surface area (Å²) >= 11 is 7.66. The SMILES string of the molecule is Cc1cc(C)c(C)c(C(=O)CSc2nnc3n(Cc4c(F)cccc4Cl)c4ccccc4n23)c1C. The molecule has 0 spiro atoms. The fourth-order valence-electron chi connectivity index (χ4n) is 4.57. The van der Waals surface area contributed by atoms with Crippen molar-refractivity contribution < 1.29 is 9.18 Å². The largest absolute Gasteiger partial charge is 0.304 e. The highest BCUT2D eigenvalue weighted by atomic mass is 35.5. The molecule has 0 unspecified atom stereocenters. The third-order valence-corrected chi connectivity index (χ3v) is 7.91. The molecule has 0 saturated heterocycles. The van der Waals surface area contributed by atoms with E-state index >= 15 is 0 Å². The van der Waals surface area contributed by atoms with E-state index < -0.39 is 0 Å². The van der Waals surface area contributed by atoms with Gasteiger partial charge in [-0.15, -0.1) is 10.2 Å². The molecule has 8 heteroatoms. The Labute approximate surface area is 211 Å². The zero-order valence-electron chi connectivity index (χ0n) is 19.9. The molecular formula is C27H24ClFN4OS. The molecule has 5 rings (SSSR count). The minimum Gasteiger partial charge on any atom is -0.304 e. The summed E-state index contributed by atoms with van der Waals surface area (Å²) in [5.74, 6) is 0.506. The number of thioether (sulfide) groups is 1. The number of ketones is 1. The van der Waals surface area contributed by atoms with Crippen LogP contribution in [0.15, 0.2) is 53.7 Å². The maximum Gasteiger partial charge on any atom is 0.237 e. The Morgan fingerprint density at radius 3 is 2.34 bits per heavy atom. The van der Waals surface area contributed by atoms with E-state index in [1.807, 2.05) is 60.9 Å². The number of hydrogen-bond donors (Lipinski definition) is 0. The Bertz CT molecular complexity index is 1570. The number of imidazole rings is 1. The normalized spacial score (nSPS) is 11.6. The summed E-state index contributed by atoms with van der Waals surface area (Å²) in [4.78, 5) is 13.3. The number of Topliss-reactive ketones (excluding diaryl/α,β-unsaturated/α-hetero) is 1. The third-order valence-electron chi connectivity index (χ3n) is 6.63. The van der Waals surface area contributed by atoms with Crippen molar-refractivity contribution in [3.8, 4) is 0 Å². The first-order valence-corrected chi connectivity index (χ1v) is 12.6. The molecule has 0 atom stereocenters. The minimum atomic E-state index is -0.368. The summed E-state index contributed by atoms with van der Waals surface area (Å²) < 4.78 is 18.4. The number of carbonyl (C=O) groups excluding carboxylic acids is 1. The van der Waals surface area contributed by atoms with E-state index in [4.69, 9.17) is 11.6 Å². The minimum absolute atomic E-state index is 0.0652. The number of hydrogen-bond acceptors (Lipinski definition) is 4. The van der Waals surface area contributed by atoms with Crippen molar-refractivity contribution >= 4 is 46.0 Å². The van der Waals surface area contributed by atoms with Crippen LogP contribution in [0.2, 0.25) is 5.02 Å². The van der Waals surface area contributed by atoms with Crippen molar-refractivity contribution in [2.24, 2.45) is 0 Å². The number of rotatable bonds is 6. The standard InChI is InChI=1S/C27H24ClFN4OS/c1-15-12-16(2)18(4)25(17(15)3)24(34)14-35-27-31-30-26-32(13-19-20(28)8-7-9-21(19)29)22-10-5-6-11-23(22)33(26)27/h5-12H,13-14H2,1-4H3. The van der Waals surface area contributed by atoms with Gasteiger partial charge in [0.25, 0.3) is 0 Å². The molecular weight excluding hydrogens is 483 g/mol. The molecule has 0 N–H and O–H groups in total. The van der Waals surface area contributed by atoms with Gasteiger partial charge in [-0.2, -0.15) is 0 Å². The maximum absolute atomic E-state index is 14.6. The van der Waals surface area contributed by atoms with Crippen LogP contribution in [0.3, 0.4) is 0 Å². The van der Waals surface area contributed by atoms with E-state index in [1.165, 1.54) is 17.8 Å². The molecule has 0 fully saturated rings. The van der Waals surface area contributed by atoms with Gasteiger partial charge in [-0.1, -0.05) is 47.6 Å². The molecule has 0 aliphatic carbocycles. The second kappa shape index (κ2) is 9.13. The van der Waals surface area contributed by atoms with Gasteiger partial charge in [-0.3, -0.25) is 9.20 Å². The predicted molar refractivity (Wildman–Crippen MR) is 139 cm³/mol. The van der Waals surface area contributed by atoms with Gasteiger partial charge >= 0.3 is 0 Å². The Kier molecular flexibility index (Phi) is 6.15. The van der Waals surface area contributed by atoms with Gasteiger partial charge in [0.1, 0.15) is 5.82 Å². The molecule has 35 heavy (non-hydrogen) atoms. The fourth-order valence-corrected chi connectivity index (χ4v) is 5.60. The van der Waals surface area contributed by atoms with Crippen molar-refractivity contribution in [1.29, 1.82) is 0 Å². The van der Waals surface area contributed by atoms with Gasteiger partial charge in [-0.05, 0) is 74.2 Å². The monoisotopic (exact) mass is 506 g/mol. The van der Waals surface area contributed by atoms with Crippen molar-refractivity contribution in [3.63, 3.8) is 0 Å². The number of para-hydroxylation sites is 2. The fraction of sp³-hybridized carbons (Fsp3) is 0.222. The van der Waals surface area contributed by atoms with E-state index in [1.54, 1.807) is 12.1 Å². The third kappa shape index (κ3) is 4.02. The second-order valence-electron chi connectivity index (χ2n) is 8.74. The highest BCUT2D eigenvalue weighted by Crippen LogP contribution is 2.30. The summed E-state index contributed by atoms with van der Waals surface area (Å²) in [7, 11) is 0. The van der Waals surface area contributed by atoms with Gasteiger partial charge in [0.15, 0.2) is 10.9 Å². The summed E-state index contributed by atoms with van der Waals surface area (Å²) in [6, 6.07) is 14.6. The lowest BCUT2D eigenvalue weighted by Gasteiger charge is -2.14. The van der Waals surface area contributed by atoms with Crippen LogP contribution in [0.25, 0.3) is 16.8 Å². The molecule has 5 aromatic rings. The highest BCUT2D eigenvalue weighted by Gasteiger charge is 2.21. The van der Waals surface area contributed by atoms with Gasteiger partial charge in [0.05, 0.1) is 23.3 Å². The maximum atomic E-state index is 14.6. The summed E-state index contributed by atoms with van der Waals surface area (Å²) in [6.07, 6.45) is 0. The van der Waals surface area contributed by atoms with Crippen molar-refractivity contribution in [1.82, 2.24) is 19.2 Å². The van der Waals surface area contributed by atoms with Crippen LogP contribution in [0, 0.1) is 33.5 Å². The Morgan fingerprint density at radius 2 is 1.66 bits per heavy atom. The average molecular weight is 507 g/mol. The Morgan fingerprint density at radius 1 is 0.971 bits per heavy atom. The number of benzene rings is 3. The molecule has 0 amide bonds. The van der Waals surface area contributed by atoms with Crippen LogP contribution in [-0.2, 0) is 6.54 Å². The van der Waals surface area contributed by atoms with Crippen LogP contribution in [0.1, 0.15) is 38.2 Å². The molecule has 178 valence electrons. The molecule has 3 aromatic carbocycles. The van der Waals surface area contributed by atoms with Crippen LogP contribution in [0.4, 0.5) is 4.39 Å². The van der Waals surface area contributed by atoms with E-state index in [9.17, 15) is 9.18 Å². The topological polar surface area (TPSA) is 52.2 Å². The quantitative estimate of drug-likeness (QED) is 0.189. The highest BCUT2D eigenvalue weighted by molar-refractivity contribution is 7.99. The number of halogens is 2. The van der Waals surface area contributed by atoms with E-state index in [0.717, 1.165) is 38.9 Å². The van der Waals surface area contributed by atoms with Crippen LogP contribution < -0.4 is 0 Å². The zero-order chi connectivity index (χ0) is 24.9. The van der Waals surface area contributed by atoms with Gasteiger partial charge in [0.2, 0.25) is 5.78 Å². The van der Waals surface area contributed by atoms with Gasteiger partial charge < -0.3 is 4.57 Å². The first-order chi connectivity index (χ1) is 16.8. The van der Waals surface area contributed by atoms with Crippen molar-refractivity contribution in [3.05, 3.63) is 92.8 Å². The molecule has 0 bridgehead atoms. The molecule has 2 heterocycles. The van der Waals surface area contributed by atoms with Gasteiger partial charge in [-0.25, -0.2) is 4.39 Å². The molecule has 0 saturated carbocycles. The molecule has 0 radical (unpaired) electrons. The first-order valence-electron chi connectivity index (χ1n) is 11.3. The van der Waals surface area contributed by atoms with Crippen molar-refractivity contribution in [2.45, 2.75) is 39.4 Å². The Hall–Kier alpha value is -3.16. The van der Waals surface area contributed by atoms with E-state index in [-0.39, 0.29) is 23.9 Å². The number of aryl methyl sites for hydroxylation is 2. The lowest BCUT2D eigenvalue weighted by atomic mass is 9.92. The smallest absolute Gasteiger partial charge is 0.237 e. The van der Waals surface area contributed by atoms with Crippen LogP contribution >= 0.6 is 23.4 Å². The number of aromatic nitrogens is 4.